The molecule has 0 aromatic carbocycles. The van der Waals surface area contributed by atoms with Crippen molar-refractivity contribution >= 4 is 23.6 Å². The minimum absolute atomic E-state index is 0.0103. The molecule has 0 radical (unpaired) electrons. The molecule has 0 aliphatic heterocycles. The Kier molecular flexibility index (Phi) is 8.08. The fraction of sp³-hybridized carbons (Fsp3) is 0.862. The Morgan fingerprint density at radius 1 is 1.03 bits per heavy atom. The number of aliphatic hydroxyl groups excluding tert-OH is 1. The van der Waals surface area contributed by atoms with Gasteiger partial charge in [0.15, 0.2) is 0 Å². The van der Waals surface area contributed by atoms with Crippen LogP contribution in [0.15, 0.2) is 0 Å². The first-order valence-corrected chi connectivity index (χ1v) is 14.4. The monoisotopic (exact) mass is 518 g/mol. The van der Waals surface area contributed by atoms with Crippen LogP contribution in [0.5, 0.6) is 0 Å². The van der Waals surface area contributed by atoms with Crippen LogP contribution in [0.25, 0.3) is 0 Å². The summed E-state index contributed by atoms with van der Waals surface area (Å²) in [5.41, 5.74) is 5.35. The number of rotatable bonds is 9. The van der Waals surface area contributed by atoms with Gasteiger partial charge in [0.25, 0.3) is 0 Å². The first kappa shape index (κ1) is 28.1. The second-order valence-electron chi connectivity index (χ2n) is 13.2. The lowest BCUT2D eigenvalue weighted by molar-refractivity contribution is -0.160. The van der Waals surface area contributed by atoms with E-state index in [0.29, 0.717) is 42.3 Å². The van der Waals surface area contributed by atoms with Gasteiger partial charge in [0.05, 0.1) is 6.10 Å². The maximum Gasteiger partial charge on any atom is 0.326 e. The molecule has 8 heteroatoms. The van der Waals surface area contributed by atoms with Crippen LogP contribution < -0.4 is 11.1 Å². The summed E-state index contributed by atoms with van der Waals surface area (Å²) in [7, 11) is 0. The Morgan fingerprint density at radius 2 is 1.70 bits per heavy atom. The van der Waals surface area contributed by atoms with Gasteiger partial charge in [-0.2, -0.15) is 0 Å². The maximum atomic E-state index is 13.6. The van der Waals surface area contributed by atoms with Crippen LogP contribution in [0.4, 0.5) is 0 Å². The number of aliphatic carboxylic acids is 1. The molecule has 4 aliphatic carbocycles. The number of carboxylic acid groups (broad SMARTS) is 1. The summed E-state index contributed by atoms with van der Waals surface area (Å²) in [6.07, 6.45) is 8.08. The van der Waals surface area contributed by atoms with E-state index in [1.54, 1.807) is 0 Å². The SMILES string of the molecule is CC(CCC(=O)N[C@@H](CCC(N)=O)C(=O)O)C1CCC2C3C(=O)C[C@@H]4C[C@H](O)CCC4(C)C3CCC12C. The standard InChI is InChI=1S/C29H46N2O6/c1-16(4-9-25(35)31-22(27(36)37)7-8-24(30)34)19-5-6-20-26-21(11-13-29(19,20)3)28(2)12-10-18(32)14-17(28)15-23(26)33/h16-22,26,32H,4-15H2,1-3H3,(H2,30,34)(H,31,35)(H,36,37)/t16?,17-,18+,19?,20?,21?,22-,26?,28?,29?/m0/s1. The number of nitrogens with two attached hydrogens (primary N) is 1. The van der Waals surface area contributed by atoms with Crippen LogP contribution >= 0.6 is 0 Å². The molecule has 4 fully saturated rings. The molecule has 0 bridgehead atoms. The van der Waals surface area contributed by atoms with E-state index in [4.69, 9.17) is 5.73 Å². The third-order valence-corrected chi connectivity index (χ3v) is 11.3. The van der Waals surface area contributed by atoms with Crippen molar-refractivity contribution in [1.82, 2.24) is 5.32 Å². The fourth-order valence-corrected chi connectivity index (χ4v) is 9.26. The van der Waals surface area contributed by atoms with Gasteiger partial charge >= 0.3 is 5.97 Å². The van der Waals surface area contributed by atoms with Crippen LogP contribution in [-0.2, 0) is 19.2 Å². The smallest absolute Gasteiger partial charge is 0.326 e. The third-order valence-electron chi connectivity index (χ3n) is 11.3. The Labute approximate surface area is 220 Å². The number of primary amides is 1. The van der Waals surface area contributed by atoms with Crippen LogP contribution in [0.2, 0.25) is 0 Å². The molecule has 208 valence electrons. The molecule has 0 aromatic heterocycles. The summed E-state index contributed by atoms with van der Waals surface area (Å²) < 4.78 is 0. The van der Waals surface area contributed by atoms with Crippen molar-refractivity contribution in [2.24, 2.45) is 52.1 Å². The van der Waals surface area contributed by atoms with Gasteiger partial charge in [-0.15, -0.1) is 0 Å². The molecule has 7 unspecified atom stereocenters. The van der Waals surface area contributed by atoms with Crippen LogP contribution in [0.3, 0.4) is 0 Å². The quantitative estimate of drug-likeness (QED) is 0.368. The second-order valence-corrected chi connectivity index (χ2v) is 13.2. The summed E-state index contributed by atoms with van der Waals surface area (Å²) >= 11 is 0. The average Bonchev–Trinajstić information content (AvgIpc) is 3.18. The molecule has 0 saturated heterocycles. The highest BCUT2D eigenvalue weighted by Gasteiger charge is 2.63. The molecule has 4 rings (SSSR count). The predicted molar refractivity (Wildman–Crippen MR) is 138 cm³/mol. The number of hydrogen-bond donors (Lipinski definition) is 4. The average molecular weight is 519 g/mol. The molecule has 8 nitrogen and oxygen atoms in total. The van der Waals surface area contributed by atoms with Crippen molar-refractivity contribution in [3.8, 4) is 0 Å². The normalized spacial score (nSPS) is 40.6. The number of nitrogens with one attached hydrogen (secondary N) is 1. The number of Topliss-reactive ketones (excluding diaryl/α,β-unsaturated/α-hetero) is 1. The third kappa shape index (κ3) is 5.32. The first-order valence-electron chi connectivity index (χ1n) is 14.4. The second kappa shape index (κ2) is 10.7. The molecule has 37 heavy (non-hydrogen) atoms. The van der Waals surface area contributed by atoms with Crippen molar-refractivity contribution in [3.05, 3.63) is 0 Å². The van der Waals surface area contributed by atoms with Gasteiger partial charge < -0.3 is 21.3 Å². The van der Waals surface area contributed by atoms with Crippen molar-refractivity contribution < 1.29 is 29.4 Å². The Balaban J connectivity index is 1.38. The lowest BCUT2D eigenvalue weighted by Gasteiger charge is -2.60. The van der Waals surface area contributed by atoms with E-state index in [9.17, 15) is 29.4 Å². The van der Waals surface area contributed by atoms with E-state index in [2.05, 4.69) is 26.1 Å². The summed E-state index contributed by atoms with van der Waals surface area (Å²) in [5.74, 6) is 0.308. The summed E-state index contributed by atoms with van der Waals surface area (Å²) in [4.78, 5) is 48.6. The molecule has 0 aromatic rings. The molecular formula is C29H46N2O6. The number of fused-ring (bicyclic) bond motifs is 5. The molecule has 0 heterocycles. The van der Waals surface area contributed by atoms with Crippen LogP contribution in [-0.4, -0.2) is 45.9 Å². The minimum atomic E-state index is -1.16. The highest BCUT2D eigenvalue weighted by Crippen LogP contribution is 2.67. The fourth-order valence-electron chi connectivity index (χ4n) is 9.26. The molecule has 4 aliphatic rings. The van der Waals surface area contributed by atoms with Gasteiger partial charge in [-0.05, 0) is 98.2 Å². The Hall–Kier alpha value is -1.96. The summed E-state index contributed by atoms with van der Waals surface area (Å²) in [6, 6.07) is -1.11. The number of carboxylic acids is 1. The molecule has 10 atom stereocenters. The molecule has 2 amide bonds. The zero-order chi connectivity index (χ0) is 27.1. The Bertz CT molecular complexity index is 922. The van der Waals surface area contributed by atoms with Gasteiger partial charge in [0, 0.05) is 25.2 Å². The first-order chi connectivity index (χ1) is 17.4. The summed E-state index contributed by atoms with van der Waals surface area (Å²) in [6.45, 7) is 6.96. The topological polar surface area (TPSA) is 147 Å². The van der Waals surface area contributed by atoms with Crippen molar-refractivity contribution in [1.29, 1.82) is 0 Å². The minimum Gasteiger partial charge on any atom is -0.480 e. The lowest BCUT2D eigenvalue weighted by atomic mass is 9.44. The van der Waals surface area contributed by atoms with Crippen LogP contribution in [0.1, 0.15) is 97.8 Å². The van der Waals surface area contributed by atoms with E-state index in [1.165, 1.54) is 0 Å². The molecule has 0 spiro atoms. The maximum absolute atomic E-state index is 13.6. The van der Waals surface area contributed by atoms with E-state index in [-0.39, 0.29) is 53.9 Å². The van der Waals surface area contributed by atoms with E-state index >= 15 is 0 Å². The van der Waals surface area contributed by atoms with Crippen molar-refractivity contribution in [2.75, 3.05) is 0 Å². The number of aliphatic hydroxyl groups is 1. The van der Waals surface area contributed by atoms with Crippen molar-refractivity contribution in [3.63, 3.8) is 0 Å². The van der Waals surface area contributed by atoms with Gasteiger partial charge in [-0.1, -0.05) is 20.8 Å². The molecular weight excluding hydrogens is 472 g/mol. The summed E-state index contributed by atoms with van der Waals surface area (Å²) in [5, 5.41) is 22.2. The van der Waals surface area contributed by atoms with Gasteiger partial charge in [0.2, 0.25) is 11.8 Å². The van der Waals surface area contributed by atoms with E-state index in [1.807, 2.05) is 0 Å². The number of amides is 2. The largest absolute Gasteiger partial charge is 0.480 e. The zero-order valence-electron chi connectivity index (χ0n) is 22.7. The zero-order valence-corrected chi connectivity index (χ0v) is 22.7. The lowest BCUT2D eigenvalue weighted by Crippen LogP contribution is -2.57. The highest BCUT2D eigenvalue weighted by atomic mass is 16.4. The number of carbonyl (C=O) groups excluding carboxylic acids is 3. The highest BCUT2D eigenvalue weighted by molar-refractivity contribution is 5.84. The number of ketones is 1. The van der Waals surface area contributed by atoms with Crippen LogP contribution in [0, 0.1) is 46.3 Å². The molecule has 4 saturated carbocycles. The molecule has 5 N–H and O–H groups in total. The van der Waals surface area contributed by atoms with Gasteiger partial charge in [-0.3, -0.25) is 14.4 Å². The van der Waals surface area contributed by atoms with Crippen molar-refractivity contribution in [2.45, 2.75) is 110 Å². The number of carbonyl (C=O) groups is 4. The van der Waals surface area contributed by atoms with E-state index < -0.39 is 17.9 Å². The number of hydrogen-bond acceptors (Lipinski definition) is 5. The Morgan fingerprint density at radius 3 is 2.38 bits per heavy atom. The van der Waals surface area contributed by atoms with Gasteiger partial charge in [0.1, 0.15) is 11.8 Å². The van der Waals surface area contributed by atoms with E-state index in [0.717, 1.165) is 44.9 Å². The van der Waals surface area contributed by atoms with Gasteiger partial charge in [-0.25, -0.2) is 4.79 Å². The predicted octanol–water partition coefficient (Wildman–Crippen LogP) is 3.44.